The largest absolute Gasteiger partial charge is 0.398 e. The van der Waals surface area contributed by atoms with Crippen LogP contribution in [0.4, 0.5) is 10.5 Å². The lowest BCUT2D eigenvalue weighted by Gasteiger charge is -2.15. The molecule has 3 amide bonds. The minimum Gasteiger partial charge on any atom is -0.398 e. The number of carbonyl (C=O) groups excluding carboxylic acids is 2. The molecule has 84 valence electrons. The van der Waals surface area contributed by atoms with E-state index in [0.29, 0.717) is 5.69 Å². The minimum atomic E-state index is -0.375. The molecule has 1 aliphatic heterocycles. The molecule has 0 bridgehead atoms. The van der Waals surface area contributed by atoms with E-state index in [1.54, 1.807) is 12.1 Å². The molecule has 16 heavy (non-hydrogen) atoms. The van der Waals surface area contributed by atoms with E-state index in [2.05, 4.69) is 21.2 Å². The van der Waals surface area contributed by atoms with Crippen molar-refractivity contribution >= 4 is 33.6 Å². The number of hydrogen-bond donors (Lipinski definition) is 2. The number of anilines is 1. The average molecular weight is 284 g/mol. The quantitative estimate of drug-likeness (QED) is 0.630. The maximum atomic E-state index is 11.4. The van der Waals surface area contributed by atoms with Gasteiger partial charge in [0.1, 0.15) is 0 Å². The van der Waals surface area contributed by atoms with Gasteiger partial charge in [0.25, 0.3) is 0 Å². The second kappa shape index (κ2) is 4.13. The molecule has 0 radical (unpaired) electrons. The molecule has 1 saturated heterocycles. The lowest BCUT2D eigenvalue weighted by Crippen LogP contribution is -2.30. The lowest BCUT2D eigenvalue weighted by molar-refractivity contribution is -0.125. The van der Waals surface area contributed by atoms with Crippen molar-refractivity contribution < 1.29 is 9.59 Å². The first-order valence-electron chi connectivity index (χ1n) is 4.70. The molecule has 0 aliphatic carbocycles. The predicted molar refractivity (Wildman–Crippen MR) is 62.5 cm³/mol. The maximum Gasteiger partial charge on any atom is 0.324 e. The van der Waals surface area contributed by atoms with Crippen LogP contribution in [0.15, 0.2) is 22.7 Å². The van der Waals surface area contributed by atoms with Gasteiger partial charge in [0.05, 0.1) is 13.1 Å². The summed E-state index contributed by atoms with van der Waals surface area (Å²) in [5.41, 5.74) is 7.09. The Kier molecular flexibility index (Phi) is 2.82. The molecule has 2 rings (SSSR count). The monoisotopic (exact) mass is 283 g/mol. The van der Waals surface area contributed by atoms with Crippen molar-refractivity contribution in [3.63, 3.8) is 0 Å². The first kappa shape index (κ1) is 10.9. The van der Waals surface area contributed by atoms with Crippen molar-refractivity contribution in [3.05, 3.63) is 28.2 Å². The Hall–Kier alpha value is -1.56. The zero-order valence-corrected chi connectivity index (χ0v) is 9.95. The smallest absolute Gasteiger partial charge is 0.324 e. The van der Waals surface area contributed by atoms with Crippen LogP contribution in [0.25, 0.3) is 0 Å². The number of nitrogen functional groups attached to an aromatic ring is 1. The molecule has 5 nitrogen and oxygen atoms in total. The summed E-state index contributed by atoms with van der Waals surface area (Å²) in [6.45, 7) is 0.251. The number of carbonyl (C=O) groups is 2. The van der Waals surface area contributed by atoms with Crippen LogP contribution in [0.5, 0.6) is 0 Å². The van der Waals surface area contributed by atoms with Crippen molar-refractivity contribution in [3.8, 4) is 0 Å². The number of urea groups is 1. The summed E-state index contributed by atoms with van der Waals surface area (Å²) >= 11 is 3.34. The molecule has 1 aromatic carbocycles. The van der Waals surface area contributed by atoms with Gasteiger partial charge < -0.3 is 11.1 Å². The van der Waals surface area contributed by atoms with Gasteiger partial charge in [-0.1, -0.05) is 22.0 Å². The van der Waals surface area contributed by atoms with E-state index in [9.17, 15) is 9.59 Å². The number of halogens is 1. The molecular weight excluding hydrogens is 274 g/mol. The highest BCUT2D eigenvalue weighted by Crippen LogP contribution is 2.24. The van der Waals surface area contributed by atoms with Gasteiger partial charge in [-0.25, -0.2) is 4.79 Å². The van der Waals surface area contributed by atoms with E-state index < -0.39 is 0 Å². The van der Waals surface area contributed by atoms with Gasteiger partial charge in [-0.05, 0) is 12.1 Å². The summed E-state index contributed by atoms with van der Waals surface area (Å²) in [7, 11) is 0. The number of amides is 3. The summed E-state index contributed by atoms with van der Waals surface area (Å²) in [5.74, 6) is -0.236. The van der Waals surface area contributed by atoms with Crippen LogP contribution >= 0.6 is 15.9 Å². The molecule has 0 saturated carbocycles. The number of imide groups is 1. The Bertz CT molecular complexity index is 425. The van der Waals surface area contributed by atoms with Gasteiger partial charge in [0, 0.05) is 15.7 Å². The third-order valence-electron chi connectivity index (χ3n) is 2.41. The fourth-order valence-corrected chi connectivity index (χ4v) is 2.02. The molecule has 1 heterocycles. The van der Waals surface area contributed by atoms with Gasteiger partial charge in [-0.3, -0.25) is 9.69 Å². The van der Waals surface area contributed by atoms with Crippen LogP contribution in [0, 0.1) is 0 Å². The van der Waals surface area contributed by atoms with Crippen molar-refractivity contribution in [2.45, 2.75) is 6.54 Å². The average Bonchev–Trinajstić information content (AvgIpc) is 2.54. The highest BCUT2D eigenvalue weighted by atomic mass is 79.9. The fraction of sp³-hybridized carbons (Fsp3) is 0.200. The molecule has 0 spiro atoms. The van der Waals surface area contributed by atoms with Crippen molar-refractivity contribution in [1.82, 2.24) is 10.2 Å². The van der Waals surface area contributed by atoms with Gasteiger partial charge in [0.2, 0.25) is 5.91 Å². The van der Waals surface area contributed by atoms with Gasteiger partial charge in [-0.2, -0.15) is 0 Å². The Morgan fingerprint density at radius 2 is 2.19 bits per heavy atom. The first-order valence-corrected chi connectivity index (χ1v) is 5.50. The third-order valence-corrected chi connectivity index (χ3v) is 3.15. The van der Waals surface area contributed by atoms with E-state index in [4.69, 9.17) is 5.73 Å². The molecule has 1 aliphatic rings. The van der Waals surface area contributed by atoms with Crippen LogP contribution in [0.3, 0.4) is 0 Å². The Balaban J connectivity index is 2.27. The number of hydrogen-bond acceptors (Lipinski definition) is 3. The van der Waals surface area contributed by atoms with Gasteiger partial charge in [0.15, 0.2) is 0 Å². The third kappa shape index (κ3) is 1.88. The Morgan fingerprint density at radius 3 is 2.75 bits per heavy atom. The van der Waals surface area contributed by atoms with Crippen molar-refractivity contribution in [2.24, 2.45) is 0 Å². The standard InChI is InChI=1S/C10H10BrN3O2/c11-7-2-1-3-8(12)6(7)5-14-9(15)4-13-10(14)16/h1-3H,4-5,12H2,(H,13,16). The summed E-state index contributed by atoms with van der Waals surface area (Å²) in [6.07, 6.45) is 0. The zero-order chi connectivity index (χ0) is 11.7. The molecule has 1 fully saturated rings. The van der Waals surface area contributed by atoms with Crippen LogP contribution < -0.4 is 11.1 Å². The predicted octanol–water partition coefficient (Wildman–Crippen LogP) is 1.08. The number of nitrogens with two attached hydrogens (primary N) is 1. The molecule has 1 aromatic rings. The van der Waals surface area contributed by atoms with E-state index >= 15 is 0 Å². The van der Waals surface area contributed by atoms with E-state index in [-0.39, 0.29) is 25.0 Å². The normalized spacial score (nSPS) is 15.4. The van der Waals surface area contributed by atoms with E-state index in [0.717, 1.165) is 14.9 Å². The summed E-state index contributed by atoms with van der Waals surface area (Å²) in [6, 6.07) is 4.98. The number of benzene rings is 1. The Morgan fingerprint density at radius 1 is 1.44 bits per heavy atom. The second-order valence-corrected chi connectivity index (χ2v) is 4.30. The molecule has 6 heteroatoms. The van der Waals surface area contributed by atoms with Crippen LogP contribution in [0.1, 0.15) is 5.56 Å². The summed E-state index contributed by atoms with van der Waals surface area (Å²) in [5, 5.41) is 2.46. The van der Waals surface area contributed by atoms with Gasteiger partial charge in [-0.15, -0.1) is 0 Å². The first-order chi connectivity index (χ1) is 7.59. The van der Waals surface area contributed by atoms with Crippen LogP contribution in [-0.4, -0.2) is 23.4 Å². The number of rotatable bonds is 2. The van der Waals surface area contributed by atoms with Gasteiger partial charge >= 0.3 is 6.03 Å². The van der Waals surface area contributed by atoms with E-state index in [1.807, 2.05) is 6.07 Å². The molecular formula is C10H10BrN3O2. The number of nitrogens with one attached hydrogen (secondary N) is 1. The fourth-order valence-electron chi connectivity index (χ4n) is 1.52. The van der Waals surface area contributed by atoms with Crippen molar-refractivity contribution in [1.29, 1.82) is 0 Å². The Labute approximate surface area is 101 Å². The topological polar surface area (TPSA) is 75.4 Å². The van der Waals surface area contributed by atoms with Crippen molar-refractivity contribution in [2.75, 3.05) is 12.3 Å². The number of nitrogens with zero attached hydrogens (tertiary/aromatic N) is 1. The lowest BCUT2D eigenvalue weighted by atomic mass is 10.2. The SMILES string of the molecule is Nc1cccc(Br)c1CN1C(=O)CNC1=O. The van der Waals surface area contributed by atoms with Crippen LogP contribution in [-0.2, 0) is 11.3 Å². The second-order valence-electron chi connectivity index (χ2n) is 3.45. The maximum absolute atomic E-state index is 11.4. The minimum absolute atomic E-state index is 0.0587. The molecule has 3 N–H and O–H groups in total. The molecule has 0 atom stereocenters. The van der Waals surface area contributed by atoms with E-state index in [1.165, 1.54) is 0 Å². The molecule has 0 unspecified atom stereocenters. The summed E-state index contributed by atoms with van der Waals surface area (Å²) in [4.78, 5) is 23.9. The zero-order valence-electron chi connectivity index (χ0n) is 8.37. The van der Waals surface area contributed by atoms with Crippen LogP contribution in [0.2, 0.25) is 0 Å². The highest BCUT2D eigenvalue weighted by molar-refractivity contribution is 9.10. The highest BCUT2D eigenvalue weighted by Gasteiger charge is 2.29. The summed E-state index contributed by atoms with van der Waals surface area (Å²) < 4.78 is 0.792. The molecule has 0 aromatic heterocycles.